The fraction of sp³-hybridized carbons (Fsp3) is 0.364. The first-order chi connectivity index (χ1) is 8.20. The molecular formula is C11H13N3O2S. The van der Waals surface area contributed by atoms with Crippen molar-refractivity contribution in [2.45, 2.75) is 12.8 Å². The molecule has 0 radical (unpaired) electrons. The minimum atomic E-state index is -0.208. The quantitative estimate of drug-likeness (QED) is 0.775. The Kier molecular flexibility index (Phi) is 3.53. The van der Waals surface area contributed by atoms with E-state index in [1.807, 2.05) is 18.5 Å². The van der Waals surface area contributed by atoms with Crippen LogP contribution in [0.5, 0.6) is 0 Å². The average molecular weight is 251 g/mol. The predicted molar refractivity (Wildman–Crippen MR) is 64.7 cm³/mol. The van der Waals surface area contributed by atoms with E-state index in [1.165, 1.54) is 7.11 Å². The summed E-state index contributed by atoms with van der Waals surface area (Å²) in [5.74, 6) is -0.208. The maximum atomic E-state index is 11.0. The number of aryl methyl sites for hydroxylation is 2. The molecular weight excluding hydrogens is 238 g/mol. The Balaban J connectivity index is 2.06. The molecule has 90 valence electrons. The van der Waals surface area contributed by atoms with E-state index in [1.54, 1.807) is 22.2 Å². The number of aromatic nitrogens is 3. The van der Waals surface area contributed by atoms with Crippen LogP contribution in [0.3, 0.4) is 0 Å². The van der Waals surface area contributed by atoms with Crippen LogP contribution < -0.4 is 0 Å². The van der Waals surface area contributed by atoms with Crippen molar-refractivity contribution in [2.75, 3.05) is 7.11 Å². The lowest BCUT2D eigenvalue weighted by atomic mass is 10.2. The molecule has 0 amide bonds. The first-order valence-corrected chi connectivity index (χ1v) is 6.08. The highest BCUT2D eigenvalue weighted by molar-refractivity contribution is 7.13. The fourth-order valence-corrected chi connectivity index (χ4v) is 2.36. The van der Waals surface area contributed by atoms with E-state index in [0.717, 1.165) is 16.4 Å². The van der Waals surface area contributed by atoms with Crippen molar-refractivity contribution in [3.8, 4) is 10.7 Å². The molecule has 2 heterocycles. The van der Waals surface area contributed by atoms with Gasteiger partial charge < -0.3 is 4.74 Å². The highest BCUT2D eigenvalue weighted by atomic mass is 32.1. The van der Waals surface area contributed by atoms with Gasteiger partial charge in [-0.25, -0.2) is 4.98 Å². The zero-order valence-corrected chi connectivity index (χ0v) is 10.5. The maximum Gasteiger partial charge on any atom is 0.305 e. The van der Waals surface area contributed by atoms with E-state index >= 15 is 0 Å². The van der Waals surface area contributed by atoms with Crippen LogP contribution in [0.2, 0.25) is 0 Å². The number of esters is 1. The third-order valence-electron chi connectivity index (χ3n) is 2.40. The van der Waals surface area contributed by atoms with E-state index in [9.17, 15) is 4.79 Å². The molecule has 0 saturated heterocycles. The molecule has 5 nitrogen and oxygen atoms in total. The van der Waals surface area contributed by atoms with Crippen LogP contribution in [-0.2, 0) is 23.0 Å². The predicted octanol–water partition coefficient (Wildman–Crippen LogP) is 1.65. The standard InChI is InChI=1S/C11H13N3O2S/c1-14-9(5-6-12-14)11-13-8(7-17-11)3-4-10(15)16-2/h5-7H,3-4H2,1-2H3. The van der Waals surface area contributed by atoms with Crippen molar-refractivity contribution in [1.29, 1.82) is 0 Å². The molecule has 0 spiro atoms. The Hall–Kier alpha value is -1.69. The number of rotatable bonds is 4. The van der Waals surface area contributed by atoms with Crippen molar-refractivity contribution in [2.24, 2.45) is 7.05 Å². The summed E-state index contributed by atoms with van der Waals surface area (Å²) in [4.78, 5) is 15.5. The topological polar surface area (TPSA) is 57.0 Å². The number of ether oxygens (including phenoxy) is 1. The summed E-state index contributed by atoms with van der Waals surface area (Å²) in [6, 6.07) is 1.92. The van der Waals surface area contributed by atoms with Gasteiger partial charge in [0.25, 0.3) is 0 Å². The highest BCUT2D eigenvalue weighted by Gasteiger charge is 2.09. The first-order valence-electron chi connectivity index (χ1n) is 5.20. The van der Waals surface area contributed by atoms with Crippen LogP contribution in [0, 0.1) is 0 Å². The van der Waals surface area contributed by atoms with Crippen molar-refractivity contribution in [3.63, 3.8) is 0 Å². The first kappa shape index (κ1) is 11.8. The van der Waals surface area contributed by atoms with Crippen LogP contribution in [0.15, 0.2) is 17.6 Å². The van der Waals surface area contributed by atoms with Crippen LogP contribution in [0.1, 0.15) is 12.1 Å². The number of thiazole rings is 1. The zero-order chi connectivity index (χ0) is 12.3. The van der Waals surface area contributed by atoms with Crippen molar-refractivity contribution >= 4 is 17.3 Å². The number of nitrogens with zero attached hydrogens (tertiary/aromatic N) is 3. The van der Waals surface area contributed by atoms with E-state index < -0.39 is 0 Å². The summed E-state index contributed by atoms with van der Waals surface area (Å²) >= 11 is 1.56. The van der Waals surface area contributed by atoms with Crippen molar-refractivity contribution in [1.82, 2.24) is 14.8 Å². The molecule has 2 aromatic heterocycles. The number of carbonyl (C=O) groups is 1. The van der Waals surface area contributed by atoms with Gasteiger partial charge in [-0.15, -0.1) is 11.3 Å². The van der Waals surface area contributed by atoms with Gasteiger partial charge in [-0.05, 0) is 6.07 Å². The minimum absolute atomic E-state index is 0.208. The summed E-state index contributed by atoms with van der Waals surface area (Å²) in [5, 5.41) is 6.98. The summed E-state index contributed by atoms with van der Waals surface area (Å²) in [6.45, 7) is 0. The molecule has 0 bridgehead atoms. The molecule has 0 atom stereocenters. The lowest BCUT2D eigenvalue weighted by Gasteiger charge is -1.97. The smallest absolute Gasteiger partial charge is 0.305 e. The summed E-state index contributed by atoms with van der Waals surface area (Å²) in [6.07, 6.45) is 2.72. The average Bonchev–Trinajstić information content (AvgIpc) is 2.94. The third kappa shape index (κ3) is 2.71. The molecule has 0 aromatic carbocycles. The molecule has 0 aliphatic heterocycles. The van der Waals surface area contributed by atoms with Gasteiger partial charge in [0, 0.05) is 25.0 Å². The molecule has 17 heavy (non-hydrogen) atoms. The lowest BCUT2D eigenvalue weighted by Crippen LogP contribution is -2.02. The zero-order valence-electron chi connectivity index (χ0n) is 9.71. The summed E-state index contributed by atoms with van der Waals surface area (Å²) < 4.78 is 6.37. The third-order valence-corrected chi connectivity index (χ3v) is 3.32. The SMILES string of the molecule is COC(=O)CCc1csc(-c2ccnn2C)n1. The monoisotopic (exact) mass is 251 g/mol. The van der Waals surface area contributed by atoms with Gasteiger partial charge in [0.15, 0.2) is 0 Å². The molecule has 0 fully saturated rings. The molecule has 0 unspecified atom stereocenters. The second-order valence-electron chi connectivity index (χ2n) is 3.56. The molecule has 2 rings (SSSR count). The number of hydrogen-bond donors (Lipinski definition) is 0. The number of methoxy groups -OCH3 is 1. The van der Waals surface area contributed by atoms with Crippen LogP contribution in [0.4, 0.5) is 0 Å². The van der Waals surface area contributed by atoms with E-state index in [-0.39, 0.29) is 5.97 Å². The van der Waals surface area contributed by atoms with Gasteiger partial charge in [0.1, 0.15) is 5.01 Å². The fourth-order valence-electron chi connectivity index (χ4n) is 1.46. The highest BCUT2D eigenvalue weighted by Crippen LogP contribution is 2.23. The molecule has 0 N–H and O–H groups in total. The molecule has 0 aliphatic carbocycles. The normalized spacial score (nSPS) is 10.5. The van der Waals surface area contributed by atoms with Gasteiger partial charge in [-0.3, -0.25) is 9.48 Å². The van der Waals surface area contributed by atoms with Crippen molar-refractivity contribution < 1.29 is 9.53 Å². The molecule has 2 aromatic rings. The second kappa shape index (κ2) is 5.09. The summed E-state index contributed by atoms with van der Waals surface area (Å²) in [5.41, 5.74) is 1.90. The number of hydrogen-bond acceptors (Lipinski definition) is 5. The minimum Gasteiger partial charge on any atom is -0.469 e. The van der Waals surface area contributed by atoms with E-state index in [4.69, 9.17) is 0 Å². The maximum absolute atomic E-state index is 11.0. The Labute approximate surface area is 103 Å². The largest absolute Gasteiger partial charge is 0.469 e. The number of carbonyl (C=O) groups excluding carboxylic acids is 1. The Morgan fingerprint density at radius 2 is 2.41 bits per heavy atom. The second-order valence-corrected chi connectivity index (χ2v) is 4.42. The Bertz CT molecular complexity index is 518. The van der Waals surface area contributed by atoms with Gasteiger partial charge in [0.2, 0.25) is 0 Å². The summed E-state index contributed by atoms with van der Waals surface area (Å²) in [7, 11) is 3.27. The van der Waals surface area contributed by atoms with Crippen LogP contribution >= 0.6 is 11.3 Å². The van der Waals surface area contributed by atoms with Gasteiger partial charge >= 0.3 is 5.97 Å². The molecule has 6 heteroatoms. The van der Waals surface area contributed by atoms with E-state index in [2.05, 4.69) is 14.8 Å². The van der Waals surface area contributed by atoms with E-state index in [0.29, 0.717) is 12.8 Å². The molecule has 0 aliphatic rings. The Morgan fingerprint density at radius 1 is 1.59 bits per heavy atom. The van der Waals surface area contributed by atoms with Crippen LogP contribution in [-0.4, -0.2) is 27.8 Å². The van der Waals surface area contributed by atoms with Gasteiger partial charge in [0.05, 0.1) is 24.9 Å². The Morgan fingerprint density at radius 3 is 3.06 bits per heavy atom. The molecule has 0 saturated carbocycles. The van der Waals surface area contributed by atoms with Gasteiger partial charge in [-0.1, -0.05) is 0 Å². The van der Waals surface area contributed by atoms with Crippen LogP contribution in [0.25, 0.3) is 10.7 Å². The van der Waals surface area contributed by atoms with Crippen molar-refractivity contribution in [3.05, 3.63) is 23.3 Å². The van der Waals surface area contributed by atoms with Gasteiger partial charge in [-0.2, -0.15) is 5.10 Å². The lowest BCUT2D eigenvalue weighted by molar-refractivity contribution is -0.140.